The van der Waals surface area contributed by atoms with Gasteiger partial charge in [-0.3, -0.25) is 9.59 Å². The highest BCUT2D eigenvalue weighted by Crippen LogP contribution is 2.59. The van der Waals surface area contributed by atoms with Crippen molar-refractivity contribution in [2.75, 3.05) is 0 Å². The molecule has 2 saturated carbocycles. The predicted molar refractivity (Wildman–Crippen MR) is 110 cm³/mol. The van der Waals surface area contributed by atoms with Gasteiger partial charge in [0.05, 0.1) is 0 Å². The van der Waals surface area contributed by atoms with Crippen LogP contribution in [0.5, 0.6) is 5.75 Å². The Hall–Kier alpha value is -1.64. The van der Waals surface area contributed by atoms with Gasteiger partial charge in [-0.15, -0.1) is 0 Å². The van der Waals surface area contributed by atoms with E-state index in [9.17, 15) is 9.59 Å². The summed E-state index contributed by atoms with van der Waals surface area (Å²) < 4.78 is 5.61. The van der Waals surface area contributed by atoms with E-state index in [2.05, 4.69) is 26.0 Å². The van der Waals surface area contributed by atoms with E-state index >= 15 is 0 Å². The molecule has 1 aromatic rings. The topological polar surface area (TPSA) is 43.4 Å². The van der Waals surface area contributed by atoms with Crippen LogP contribution in [-0.2, 0) is 16.0 Å². The highest BCUT2D eigenvalue weighted by atomic mass is 16.5. The second-order valence-corrected chi connectivity index (χ2v) is 9.48. The number of ketones is 1. The molecule has 1 aromatic carbocycles. The molecular weight excluding hydrogens is 348 g/mol. The minimum absolute atomic E-state index is 0.0636. The summed E-state index contributed by atoms with van der Waals surface area (Å²) in [4.78, 5) is 24.6. The van der Waals surface area contributed by atoms with Crippen LogP contribution >= 0.6 is 0 Å². The Morgan fingerprint density at radius 1 is 1.14 bits per heavy atom. The Kier molecular flexibility index (Phi) is 5.62. The van der Waals surface area contributed by atoms with Gasteiger partial charge in [0, 0.05) is 18.3 Å². The fourth-order valence-electron chi connectivity index (χ4n) is 6.27. The normalized spacial score (nSPS) is 31.1. The average molecular weight is 383 g/mol. The van der Waals surface area contributed by atoms with Crippen molar-refractivity contribution < 1.29 is 14.3 Å². The van der Waals surface area contributed by atoms with Crippen molar-refractivity contribution >= 4 is 11.8 Å². The van der Waals surface area contributed by atoms with Gasteiger partial charge in [0.1, 0.15) is 11.5 Å². The van der Waals surface area contributed by atoms with Gasteiger partial charge in [0.2, 0.25) is 0 Å². The number of ether oxygens (including phenoxy) is 1. The monoisotopic (exact) mass is 382 g/mol. The van der Waals surface area contributed by atoms with Gasteiger partial charge in [0.15, 0.2) is 0 Å². The molecule has 0 unspecified atom stereocenters. The van der Waals surface area contributed by atoms with E-state index in [0.717, 1.165) is 44.9 Å². The number of carbonyl (C=O) groups is 2. The quantitative estimate of drug-likeness (QED) is 0.345. The molecule has 4 atom stereocenters. The molecule has 28 heavy (non-hydrogen) atoms. The summed E-state index contributed by atoms with van der Waals surface area (Å²) in [5.41, 5.74) is 2.73. The third-order valence-corrected chi connectivity index (χ3v) is 7.87. The summed E-state index contributed by atoms with van der Waals surface area (Å²) in [6.45, 7) is 4.40. The number of hydrogen-bond acceptors (Lipinski definition) is 3. The van der Waals surface area contributed by atoms with Gasteiger partial charge in [-0.25, -0.2) is 0 Å². The summed E-state index contributed by atoms with van der Waals surface area (Å²) >= 11 is 0. The fraction of sp³-hybridized carbons (Fsp3) is 0.680. The first-order valence-corrected chi connectivity index (χ1v) is 11.4. The zero-order chi connectivity index (χ0) is 19.7. The number of fused-ring (bicyclic) bond motifs is 5. The van der Waals surface area contributed by atoms with Crippen LogP contribution in [0.1, 0.15) is 95.1 Å². The van der Waals surface area contributed by atoms with Crippen molar-refractivity contribution in [1.82, 2.24) is 0 Å². The summed E-state index contributed by atoms with van der Waals surface area (Å²) in [5.74, 6) is 2.88. The lowest BCUT2D eigenvalue weighted by atomic mass is 9.55. The first kappa shape index (κ1) is 19.7. The number of hydrogen-bond donors (Lipinski definition) is 0. The fourth-order valence-corrected chi connectivity index (χ4v) is 6.27. The summed E-state index contributed by atoms with van der Waals surface area (Å²) in [7, 11) is 0. The maximum absolute atomic E-state index is 12.5. The smallest absolute Gasteiger partial charge is 0.311 e. The van der Waals surface area contributed by atoms with Crippen molar-refractivity contribution in [3.8, 4) is 5.75 Å². The van der Waals surface area contributed by atoms with Crippen molar-refractivity contribution in [3.63, 3.8) is 0 Å². The van der Waals surface area contributed by atoms with Gasteiger partial charge in [-0.2, -0.15) is 0 Å². The third kappa shape index (κ3) is 3.53. The van der Waals surface area contributed by atoms with Crippen LogP contribution in [0.2, 0.25) is 0 Å². The molecule has 3 heteroatoms. The maximum Gasteiger partial charge on any atom is 0.311 e. The van der Waals surface area contributed by atoms with Crippen LogP contribution in [0.4, 0.5) is 0 Å². The van der Waals surface area contributed by atoms with Crippen molar-refractivity contribution in [1.29, 1.82) is 0 Å². The molecule has 3 nitrogen and oxygen atoms in total. The molecule has 0 aromatic heterocycles. The number of carbonyl (C=O) groups excluding carboxylic acids is 2. The van der Waals surface area contributed by atoms with E-state index in [4.69, 9.17) is 4.74 Å². The van der Waals surface area contributed by atoms with Crippen molar-refractivity contribution in [2.24, 2.45) is 17.3 Å². The summed E-state index contributed by atoms with van der Waals surface area (Å²) in [6, 6.07) is 6.28. The number of unbranched alkanes of at least 4 members (excludes halogenated alkanes) is 3. The Balaban J connectivity index is 1.43. The molecular formula is C25H34O3. The maximum atomic E-state index is 12.5. The molecule has 0 saturated heterocycles. The molecule has 0 bridgehead atoms. The number of aryl methyl sites for hydroxylation is 1. The second kappa shape index (κ2) is 8.00. The van der Waals surface area contributed by atoms with Crippen LogP contribution in [0.15, 0.2) is 18.2 Å². The van der Waals surface area contributed by atoms with E-state index in [0.29, 0.717) is 35.7 Å². The molecule has 2 fully saturated rings. The molecule has 0 radical (unpaired) electrons. The van der Waals surface area contributed by atoms with E-state index in [1.165, 1.54) is 30.4 Å². The number of esters is 1. The number of benzene rings is 1. The van der Waals surface area contributed by atoms with Crippen LogP contribution in [0.3, 0.4) is 0 Å². The van der Waals surface area contributed by atoms with E-state index in [-0.39, 0.29) is 11.4 Å². The number of Topliss-reactive ketones (excluding diaryl/α,β-unsaturated/α-hetero) is 1. The first-order chi connectivity index (χ1) is 13.5. The lowest BCUT2D eigenvalue weighted by molar-refractivity contribution is -0.134. The van der Waals surface area contributed by atoms with Crippen LogP contribution < -0.4 is 4.74 Å². The van der Waals surface area contributed by atoms with Gasteiger partial charge >= 0.3 is 5.97 Å². The zero-order valence-corrected chi connectivity index (χ0v) is 17.5. The van der Waals surface area contributed by atoms with Gasteiger partial charge in [-0.05, 0) is 79.5 Å². The lowest BCUT2D eigenvalue weighted by Crippen LogP contribution is -2.42. The summed E-state index contributed by atoms with van der Waals surface area (Å²) in [6.07, 6.45) is 11.1. The Bertz CT molecular complexity index is 752. The van der Waals surface area contributed by atoms with Gasteiger partial charge in [-0.1, -0.05) is 39.2 Å². The molecule has 3 aliphatic rings. The van der Waals surface area contributed by atoms with Crippen molar-refractivity contribution in [3.05, 3.63) is 29.3 Å². The SMILES string of the molecule is CCCCCCC(=O)Oc1ccc2c(c1)CC[C@@H]1[C@@H]2CC[C@]2(C)C(=O)CC[C@@H]12. The minimum atomic E-state index is -0.109. The Morgan fingerprint density at radius 3 is 2.82 bits per heavy atom. The Morgan fingerprint density at radius 2 is 2.00 bits per heavy atom. The van der Waals surface area contributed by atoms with Gasteiger partial charge < -0.3 is 4.74 Å². The standard InChI is InChI=1S/C25H34O3/c1-3-4-5-6-7-24(27)28-18-9-11-19-17(16-18)8-10-21-20(19)14-15-25(2)22(21)12-13-23(25)26/h9,11,16,20-22H,3-8,10,12-15H2,1-2H3/t20-,21-,22+,25+/m1/s1. The van der Waals surface area contributed by atoms with Crippen LogP contribution in [-0.4, -0.2) is 11.8 Å². The molecule has 0 amide bonds. The van der Waals surface area contributed by atoms with Crippen molar-refractivity contribution in [2.45, 2.75) is 90.4 Å². The highest BCUT2D eigenvalue weighted by Gasteiger charge is 2.54. The van der Waals surface area contributed by atoms with Crippen LogP contribution in [0.25, 0.3) is 0 Å². The molecule has 3 aliphatic carbocycles. The lowest BCUT2D eigenvalue weighted by Gasteiger charge is -2.48. The highest BCUT2D eigenvalue weighted by molar-refractivity contribution is 5.87. The predicted octanol–water partition coefficient (Wildman–Crippen LogP) is 5.99. The third-order valence-electron chi connectivity index (χ3n) is 7.87. The molecule has 0 spiro atoms. The summed E-state index contributed by atoms with van der Waals surface area (Å²) in [5, 5.41) is 0. The first-order valence-electron chi connectivity index (χ1n) is 11.4. The Labute approximate surface area is 169 Å². The average Bonchev–Trinajstić information content (AvgIpc) is 3.00. The van der Waals surface area contributed by atoms with Crippen LogP contribution in [0, 0.1) is 17.3 Å². The minimum Gasteiger partial charge on any atom is -0.427 e. The van der Waals surface area contributed by atoms with E-state index in [1.54, 1.807) is 0 Å². The van der Waals surface area contributed by atoms with E-state index < -0.39 is 0 Å². The molecule has 0 aliphatic heterocycles. The number of rotatable bonds is 6. The molecule has 4 rings (SSSR count). The molecule has 152 valence electrons. The largest absolute Gasteiger partial charge is 0.427 e. The van der Waals surface area contributed by atoms with Gasteiger partial charge in [0.25, 0.3) is 0 Å². The molecule has 0 heterocycles. The molecule has 0 N–H and O–H groups in total. The second-order valence-electron chi connectivity index (χ2n) is 9.48. The van der Waals surface area contributed by atoms with E-state index in [1.807, 2.05) is 6.07 Å². The zero-order valence-electron chi connectivity index (χ0n) is 17.5.